The van der Waals surface area contributed by atoms with E-state index in [0.717, 1.165) is 6.20 Å². The van der Waals surface area contributed by atoms with E-state index in [0.29, 0.717) is 0 Å². The number of halogens is 4. The second kappa shape index (κ2) is 4.23. The molecule has 0 bridgehead atoms. The lowest BCUT2D eigenvalue weighted by molar-refractivity contribution is 0.144. The van der Waals surface area contributed by atoms with Crippen molar-refractivity contribution in [3.63, 3.8) is 0 Å². The van der Waals surface area contributed by atoms with Crippen molar-refractivity contribution >= 4 is 22.6 Å². The van der Waals surface area contributed by atoms with Crippen LogP contribution in [0.2, 0.25) is 0 Å². The molecule has 1 aromatic rings. The molecule has 0 saturated heterocycles. The average Bonchev–Trinajstić information content (AvgIpc) is 2.07. The van der Waals surface area contributed by atoms with Crippen molar-refractivity contribution in [3.8, 4) is 0 Å². The van der Waals surface area contributed by atoms with Gasteiger partial charge in [-0.3, -0.25) is 0 Å². The van der Waals surface area contributed by atoms with Crippen LogP contribution in [0.5, 0.6) is 0 Å². The highest BCUT2D eigenvalue weighted by molar-refractivity contribution is 14.1. The molecule has 0 spiro atoms. The summed E-state index contributed by atoms with van der Waals surface area (Å²) >= 11 is 1.62. The van der Waals surface area contributed by atoms with Gasteiger partial charge in [-0.05, 0) is 22.6 Å². The lowest BCUT2D eigenvalue weighted by Gasteiger charge is -2.08. The summed E-state index contributed by atoms with van der Waals surface area (Å²) in [5, 5.41) is 8.66. The molecule has 0 aliphatic rings. The van der Waals surface area contributed by atoms with Gasteiger partial charge in [0.25, 0.3) is 6.43 Å². The maximum atomic E-state index is 12.8. The van der Waals surface area contributed by atoms with Crippen molar-refractivity contribution in [3.05, 3.63) is 26.8 Å². The number of rotatable bonds is 2. The van der Waals surface area contributed by atoms with Gasteiger partial charge in [-0.2, -0.15) is 4.39 Å². The number of alkyl halides is 2. The SMILES string of the molecule is OCc1c(F)ncc(I)c1C(F)F. The fourth-order valence-electron chi connectivity index (χ4n) is 0.902. The zero-order valence-electron chi connectivity index (χ0n) is 6.27. The summed E-state index contributed by atoms with van der Waals surface area (Å²) in [6.45, 7) is -0.769. The number of hydrogen-bond donors (Lipinski definition) is 1. The number of nitrogens with zero attached hydrogens (tertiary/aromatic N) is 1. The van der Waals surface area contributed by atoms with Gasteiger partial charge in [0, 0.05) is 20.9 Å². The molecule has 0 saturated carbocycles. The monoisotopic (exact) mass is 303 g/mol. The number of aliphatic hydroxyl groups is 1. The van der Waals surface area contributed by atoms with Crippen LogP contribution in [0.1, 0.15) is 17.6 Å². The molecule has 72 valence electrons. The molecule has 0 fully saturated rings. The molecule has 1 N–H and O–H groups in total. The Bertz CT molecular complexity index is 319. The Morgan fingerprint density at radius 1 is 1.54 bits per heavy atom. The molecule has 13 heavy (non-hydrogen) atoms. The first kappa shape index (κ1) is 10.7. The Kier molecular flexibility index (Phi) is 3.48. The first-order valence-electron chi connectivity index (χ1n) is 3.29. The van der Waals surface area contributed by atoms with Gasteiger partial charge in [0.2, 0.25) is 5.95 Å². The van der Waals surface area contributed by atoms with E-state index < -0.39 is 30.1 Å². The van der Waals surface area contributed by atoms with Crippen molar-refractivity contribution < 1.29 is 18.3 Å². The van der Waals surface area contributed by atoms with Gasteiger partial charge in [-0.1, -0.05) is 0 Å². The van der Waals surface area contributed by atoms with Gasteiger partial charge in [0.05, 0.1) is 6.61 Å². The Balaban J connectivity index is 3.35. The lowest BCUT2D eigenvalue weighted by Crippen LogP contribution is -2.04. The Morgan fingerprint density at radius 2 is 2.15 bits per heavy atom. The molecule has 0 aliphatic carbocycles. The van der Waals surface area contributed by atoms with Gasteiger partial charge < -0.3 is 5.11 Å². The largest absolute Gasteiger partial charge is 0.391 e. The first-order chi connectivity index (χ1) is 6.07. The summed E-state index contributed by atoms with van der Waals surface area (Å²) in [6, 6.07) is 0. The third-order valence-electron chi connectivity index (χ3n) is 1.50. The van der Waals surface area contributed by atoms with E-state index in [-0.39, 0.29) is 3.57 Å². The molecule has 0 aromatic carbocycles. The lowest BCUT2D eigenvalue weighted by atomic mass is 10.1. The predicted octanol–water partition coefficient (Wildman–Crippen LogP) is 2.26. The minimum absolute atomic E-state index is 0.151. The van der Waals surface area contributed by atoms with Crippen LogP contribution >= 0.6 is 22.6 Å². The smallest absolute Gasteiger partial charge is 0.265 e. The summed E-state index contributed by atoms with van der Waals surface area (Å²) in [7, 11) is 0. The van der Waals surface area contributed by atoms with E-state index in [2.05, 4.69) is 4.98 Å². The fraction of sp³-hybridized carbons (Fsp3) is 0.286. The van der Waals surface area contributed by atoms with E-state index in [1.807, 2.05) is 0 Å². The molecule has 1 heterocycles. The van der Waals surface area contributed by atoms with Crippen LogP contribution in [0.25, 0.3) is 0 Å². The van der Waals surface area contributed by atoms with Crippen molar-refractivity contribution in [2.45, 2.75) is 13.0 Å². The molecule has 0 atom stereocenters. The van der Waals surface area contributed by atoms with Crippen molar-refractivity contribution in [1.29, 1.82) is 0 Å². The summed E-state index contributed by atoms with van der Waals surface area (Å²) < 4.78 is 37.6. The van der Waals surface area contributed by atoms with Crippen LogP contribution < -0.4 is 0 Å². The zero-order valence-corrected chi connectivity index (χ0v) is 8.43. The molecular formula is C7H5F3INO. The van der Waals surface area contributed by atoms with Gasteiger partial charge in [0.1, 0.15) is 0 Å². The Hall–Kier alpha value is -0.370. The standard InChI is InChI=1S/C7H5F3INO/c8-6(9)5-3(2-13)7(10)12-1-4(5)11/h1,6,13H,2H2. The molecule has 0 unspecified atom stereocenters. The van der Waals surface area contributed by atoms with Gasteiger partial charge in [-0.25, -0.2) is 13.8 Å². The van der Waals surface area contributed by atoms with E-state index >= 15 is 0 Å². The number of hydrogen-bond acceptors (Lipinski definition) is 2. The van der Waals surface area contributed by atoms with Crippen LogP contribution in [0.3, 0.4) is 0 Å². The minimum Gasteiger partial charge on any atom is -0.391 e. The highest BCUT2D eigenvalue weighted by atomic mass is 127. The molecule has 0 aliphatic heterocycles. The van der Waals surface area contributed by atoms with Crippen molar-refractivity contribution in [2.24, 2.45) is 0 Å². The molecule has 1 rings (SSSR count). The maximum Gasteiger partial charge on any atom is 0.265 e. The number of pyridine rings is 1. The van der Waals surface area contributed by atoms with E-state index in [1.165, 1.54) is 0 Å². The summed E-state index contributed by atoms with van der Waals surface area (Å²) in [6.07, 6.45) is -1.79. The molecular weight excluding hydrogens is 298 g/mol. The topological polar surface area (TPSA) is 33.1 Å². The van der Waals surface area contributed by atoms with E-state index in [9.17, 15) is 13.2 Å². The first-order valence-corrected chi connectivity index (χ1v) is 4.37. The fourth-order valence-corrected chi connectivity index (χ4v) is 1.60. The number of aromatic nitrogens is 1. The molecule has 1 aromatic heterocycles. The Labute approximate surface area is 85.9 Å². The highest BCUT2D eigenvalue weighted by Gasteiger charge is 2.20. The van der Waals surface area contributed by atoms with Crippen LogP contribution in [0.15, 0.2) is 6.20 Å². The van der Waals surface area contributed by atoms with Crippen LogP contribution in [0, 0.1) is 9.52 Å². The average molecular weight is 303 g/mol. The second-order valence-electron chi connectivity index (χ2n) is 2.25. The normalized spacial score (nSPS) is 10.9. The second-order valence-corrected chi connectivity index (χ2v) is 3.41. The third kappa shape index (κ3) is 2.11. The third-order valence-corrected chi connectivity index (χ3v) is 2.36. The molecule has 0 amide bonds. The summed E-state index contributed by atoms with van der Waals surface area (Å²) in [4.78, 5) is 3.23. The van der Waals surface area contributed by atoms with Crippen LogP contribution in [-0.2, 0) is 6.61 Å². The quantitative estimate of drug-likeness (QED) is 0.671. The van der Waals surface area contributed by atoms with Gasteiger partial charge in [0.15, 0.2) is 0 Å². The van der Waals surface area contributed by atoms with E-state index in [1.54, 1.807) is 22.6 Å². The van der Waals surface area contributed by atoms with Crippen LogP contribution in [0.4, 0.5) is 13.2 Å². The van der Waals surface area contributed by atoms with Crippen LogP contribution in [-0.4, -0.2) is 10.1 Å². The maximum absolute atomic E-state index is 12.8. The summed E-state index contributed by atoms with van der Waals surface area (Å²) in [5.41, 5.74) is -0.905. The molecule has 6 heteroatoms. The summed E-state index contributed by atoms with van der Waals surface area (Å²) in [5.74, 6) is -1.04. The predicted molar refractivity (Wildman–Crippen MR) is 47.8 cm³/mol. The van der Waals surface area contributed by atoms with Crippen molar-refractivity contribution in [2.75, 3.05) is 0 Å². The van der Waals surface area contributed by atoms with Crippen molar-refractivity contribution in [1.82, 2.24) is 4.98 Å². The molecule has 0 radical (unpaired) electrons. The molecule has 2 nitrogen and oxygen atoms in total. The minimum atomic E-state index is -2.80. The van der Waals surface area contributed by atoms with Gasteiger partial charge in [-0.15, -0.1) is 0 Å². The number of aliphatic hydroxyl groups excluding tert-OH is 1. The zero-order chi connectivity index (χ0) is 10.0. The van der Waals surface area contributed by atoms with E-state index in [4.69, 9.17) is 5.11 Å². The highest BCUT2D eigenvalue weighted by Crippen LogP contribution is 2.28. The Morgan fingerprint density at radius 3 is 2.54 bits per heavy atom. The van der Waals surface area contributed by atoms with Gasteiger partial charge >= 0.3 is 0 Å².